The van der Waals surface area contributed by atoms with E-state index >= 15 is 0 Å². The van der Waals surface area contributed by atoms with Crippen LogP contribution < -0.4 is 5.84 Å². The van der Waals surface area contributed by atoms with E-state index in [1.807, 2.05) is 19.1 Å². The largest absolute Gasteiger partial charge is 0.508 e. The third kappa shape index (κ3) is 3.35. The number of hydrogen-bond acceptors (Lipinski definition) is 5. The van der Waals surface area contributed by atoms with Crippen LogP contribution in [0, 0.1) is 6.92 Å². The molecule has 1 aromatic heterocycles. The first-order valence-corrected chi connectivity index (χ1v) is 5.60. The summed E-state index contributed by atoms with van der Waals surface area (Å²) in [7, 11) is 0. The van der Waals surface area contributed by atoms with E-state index in [2.05, 4.69) is 20.3 Å². The molecule has 0 unspecified atom stereocenters. The second-order valence-electron chi connectivity index (χ2n) is 3.89. The zero-order valence-electron chi connectivity index (χ0n) is 10.4. The summed E-state index contributed by atoms with van der Waals surface area (Å²) < 4.78 is 0. The normalized spacial score (nSPS) is 11.4. The smallest absolute Gasteiger partial charge is 0.194 e. The average Bonchev–Trinajstić information content (AvgIpc) is 2.42. The van der Waals surface area contributed by atoms with Gasteiger partial charge in [-0.1, -0.05) is 17.4 Å². The summed E-state index contributed by atoms with van der Waals surface area (Å²) in [6.07, 6.45) is 6.71. The van der Waals surface area contributed by atoms with Gasteiger partial charge in [-0.2, -0.15) is 0 Å². The van der Waals surface area contributed by atoms with E-state index in [1.54, 1.807) is 24.4 Å². The molecule has 2 rings (SSSR count). The molecule has 1 heterocycles. The van der Waals surface area contributed by atoms with Crippen LogP contribution in [-0.2, 0) is 0 Å². The van der Waals surface area contributed by atoms with Gasteiger partial charge in [-0.3, -0.25) is 4.98 Å². The number of benzene rings is 1. The second kappa shape index (κ2) is 5.72. The van der Waals surface area contributed by atoms with E-state index in [9.17, 15) is 5.11 Å². The van der Waals surface area contributed by atoms with Gasteiger partial charge in [0.25, 0.3) is 0 Å². The van der Waals surface area contributed by atoms with Crippen molar-refractivity contribution in [2.45, 2.75) is 6.92 Å². The minimum absolute atomic E-state index is 0.232. The summed E-state index contributed by atoms with van der Waals surface area (Å²) in [6, 6.07) is 5.20. The van der Waals surface area contributed by atoms with Crippen LogP contribution in [0.2, 0.25) is 0 Å². The van der Waals surface area contributed by atoms with Crippen molar-refractivity contribution < 1.29 is 5.11 Å². The van der Waals surface area contributed by atoms with E-state index in [4.69, 9.17) is 5.84 Å². The number of hydrogen-bond donors (Lipinski definition) is 2. The molecule has 0 fully saturated rings. The molecule has 3 N–H and O–H groups in total. The molecule has 1 aromatic carbocycles. The lowest BCUT2D eigenvalue weighted by Crippen LogP contribution is -1.84. The Bertz CT molecular complexity index is 619. The topological polar surface area (TPSA) is 96.8 Å². The fourth-order valence-electron chi connectivity index (χ4n) is 1.51. The predicted octanol–water partition coefficient (Wildman–Crippen LogP) is 2.62. The maximum atomic E-state index is 9.43. The maximum Gasteiger partial charge on any atom is 0.194 e. The number of aromatic hydroxyl groups is 1. The van der Waals surface area contributed by atoms with Crippen LogP contribution in [0.25, 0.3) is 12.2 Å². The molecular weight excluding hydrogens is 242 g/mol. The Balaban J connectivity index is 2.20. The van der Waals surface area contributed by atoms with E-state index in [0.717, 1.165) is 11.1 Å². The number of aryl methyl sites for hydroxylation is 1. The van der Waals surface area contributed by atoms with Crippen LogP contribution >= 0.6 is 0 Å². The van der Waals surface area contributed by atoms with Crippen LogP contribution in [-0.4, -0.2) is 15.1 Å². The number of rotatable bonds is 3. The summed E-state index contributed by atoms with van der Waals surface area (Å²) in [5, 5.41) is 16.1. The summed E-state index contributed by atoms with van der Waals surface area (Å²) in [5.74, 6) is 5.50. The lowest BCUT2D eigenvalue weighted by atomic mass is 10.1. The van der Waals surface area contributed by atoms with Gasteiger partial charge in [-0.25, -0.2) is 4.98 Å². The highest BCUT2D eigenvalue weighted by Crippen LogP contribution is 2.18. The highest BCUT2D eigenvalue weighted by Gasteiger charge is 1.97. The first-order chi connectivity index (χ1) is 9.19. The molecule has 0 amide bonds. The van der Waals surface area contributed by atoms with Gasteiger partial charge in [0.2, 0.25) is 0 Å². The first kappa shape index (κ1) is 12.7. The summed E-state index contributed by atoms with van der Waals surface area (Å²) >= 11 is 0. The summed E-state index contributed by atoms with van der Waals surface area (Å²) in [4.78, 5) is 8.16. The Morgan fingerprint density at radius 2 is 2.05 bits per heavy atom. The molecule has 0 spiro atoms. The van der Waals surface area contributed by atoms with Gasteiger partial charge >= 0.3 is 0 Å². The van der Waals surface area contributed by atoms with Crippen molar-refractivity contribution in [3.8, 4) is 5.75 Å². The zero-order valence-corrected chi connectivity index (χ0v) is 10.4. The van der Waals surface area contributed by atoms with Gasteiger partial charge in [-0.05, 0) is 36.3 Å². The molecule has 19 heavy (non-hydrogen) atoms. The van der Waals surface area contributed by atoms with Crippen LogP contribution in [0.5, 0.6) is 5.75 Å². The second-order valence-corrected chi connectivity index (χ2v) is 3.89. The lowest BCUT2D eigenvalue weighted by molar-refractivity contribution is 0.475. The quantitative estimate of drug-likeness (QED) is 0.500. The summed E-state index contributed by atoms with van der Waals surface area (Å²) in [6.45, 7) is 1.97. The molecule has 6 heteroatoms. The number of phenolic OH excluding ortho intramolecular Hbond substituents is 1. The standard InChI is InChI=1S/C13H13N5O/c1-9-2-5-12(19)6-10(9)3-4-11-7-16-13(8-15-11)17-18-14/h2-8,19H,1H3,(H2,14,16,17)/b4-3+. The molecule has 0 aliphatic carbocycles. The Hall–Kier alpha value is -2.76. The van der Waals surface area contributed by atoms with Gasteiger partial charge in [0.1, 0.15) is 5.75 Å². The first-order valence-electron chi connectivity index (χ1n) is 5.60. The molecule has 0 bridgehead atoms. The van der Waals surface area contributed by atoms with E-state index < -0.39 is 0 Å². The molecule has 2 aromatic rings. The molecule has 0 saturated heterocycles. The van der Waals surface area contributed by atoms with Crippen molar-refractivity contribution in [1.82, 2.24) is 9.97 Å². The highest BCUT2D eigenvalue weighted by atomic mass is 16.3. The minimum Gasteiger partial charge on any atom is -0.508 e. The average molecular weight is 255 g/mol. The fraction of sp³-hybridized carbons (Fsp3) is 0.0769. The van der Waals surface area contributed by atoms with Gasteiger partial charge < -0.3 is 10.9 Å². The Morgan fingerprint density at radius 3 is 2.74 bits per heavy atom. The van der Waals surface area contributed by atoms with Crippen molar-refractivity contribution in [1.29, 1.82) is 0 Å². The van der Waals surface area contributed by atoms with Crippen molar-refractivity contribution in [3.63, 3.8) is 0 Å². The highest BCUT2D eigenvalue weighted by molar-refractivity contribution is 5.70. The SMILES string of the molecule is Cc1ccc(O)cc1/C=C/c1cnc(N=NN)cn1. The molecule has 96 valence electrons. The van der Waals surface area contributed by atoms with Crippen molar-refractivity contribution >= 4 is 18.0 Å². The lowest BCUT2D eigenvalue weighted by Gasteiger charge is -2.00. The Labute approximate surface area is 110 Å². The van der Waals surface area contributed by atoms with Crippen LogP contribution in [0.15, 0.2) is 40.9 Å². The van der Waals surface area contributed by atoms with E-state index in [0.29, 0.717) is 11.5 Å². The third-order valence-electron chi connectivity index (χ3n) is 2.51. The van der Waals surface area contributed by atoms with Crippen molar-refractivity contribution in [2.75, 3.05) is 0 Å². The summed E-state index contributed by atoms with van der Waals surface area (Å²) in [5.41, 5.74) is 2.67. The van der Waals surface area contributed by atoms with Gasteiger partial charge in [0.15, 0.2) is 5.82 Å². The van der Waals surface area contributed by atoms with E-state index in [1.165, 1.54) is 6.20 Å². The predicted molar refractivity (Wildman–Crippen MR) is 72.5 cm³/mol. The van der Waals surface area contributed by atoms with Crippen LogP contribution in [0.1, 0.15) is 16.8 Å². The maximum absolute atomic E-state index is 9.43. The molecule has 0 aliphatic rings. The van der Waals surface area contributed by atoms with E-state index in [-0.39, 0.29) is 5.75 Å². The third-order valence-corrected chi connectivity index (χ3v) is 2.51. The number of aromatic nitrogens is 2. The molecule has 0 atom stereocenters. The minimum atomic E-state index is 0.232. The van der Waals surface area contributed by atoms with Gasteiger partial charge in [0, 0.05) is 0 Å². The zero-order chi connectivity index (χ0) is 13.7. The van der Waals surface area contributed by atoms with Crippen molar-refractivity contribution in [3.05, 3.63) is 47.4 Å². The monoisotopic (exact) mass is 255 g/mol. The van der Waals surface area contributed by atoms with Gasteiger partial charge in [-0.15, -0.1) is 5.11 Å². The van der Waals surface area contributed by atoms with Crippen LogP contribution in [0.3, 0.4) is 0 Å². The number of phenols is 1. The molecular formula is C13H13N5O. The molecule has 0 saturated carbocycles. The van der Waals surface area contributed by atoms with Gasteiger partial charge in [0.05, 0.1) is 18.1 Å². The fourth-order valence-corrected chi connectivity index (χ4v) is 1.51. The molecule has 6 nitrogen and oxygen atoms in total. The molecule has 0 aliphatic heterocycles. The molecule has 0 radical (unpaired) electrons. The van der Waals surface area contributed by atoms with Crippen molar-refractivity contribution in [2.24, 2.45) is 16.2 Å². The number of nitrogens with two attached hydrogens (primary N) is 1. The Morgan fingerprint density at radius 1 is 1.21 bits per heavy atom. The Kier molecular flexibility index (Phi) is 3.82. The number of nitrogens with zero attached hydrogens (tertiary/aromatic N) is 4. The van der Waals surface area contributed by atoms with Crippen LogP contribution in [0.4, 0.5) is 5.82 Å².